The number of rotatable bonds is 6. The first-order valence-corrected chi connectivity index (χ1v) is 10.8. The molecular formula is C21H23N3O4S. The lowest BCUT2D eigenvalue weighted by Crippen LogP contribution is -2.15. The van der Waals surface area contributed by atoms with Gasteiger partial charge in [-0.2, -0.15) is 0 Å². The summed E-state index contributed by atoms with van der Waals surface area (Å²) >= 11 is 0. The first-order valence-electron chi connectivity index (χ1n) is 9.20. The molecule has 0 aliphatic rings. The largest absolute Gasteiger partial charge is 0.407 e. The lowest BCUT2D eigenvalue weighted by Gasteiger charge is -2.08. The number of aryl methyl sites for hydroxylation is 2. The van der Waals surface area contributed by atoms with E-state index in [0.717, 1.165) is 11.1 Å². The maximum Gasteiger partial charge on any atom is 0.322 e. The van der Waals surface area contributed by atoms with E-state index in [1.165, 1.54) is 29.8 Å². The Morgan fingerprint density at radius 3 is 2.38 bits per heavy atom. The first-order chi connectivity index (χ1) is 13.7. The van der Waals surface area contributed by atoms with Crippen LogP contribution in [-0.2, 0) is 16.3 Å². The summed E-state index contributed by atoms with van der Waals surface area (Å²) in [5.74, 6) is -0.0640. The van der Waals surface area contributed by atoms with E-state index in [4.69, 9.17) is 4.42 Å². The third-order valence-electron chi connectivity index (χ3n) is 4.59. The highest BCUT2D eigenvalue weighted by Crippen LogP contribution is 2.18. The minimum Gasteiger partial charge on any atom is -0.407 e. The normalized spacial score (nSPS) is 11.6. The first kappa shape index (κ1) is 20.7. The molecule has 3 aromatic rings. The van der Waals surface area contributed by atoms with Crippen LogP contribution in [0.5, 0.6) is 0 Å². The van der Waals surface area contributed by atoms with Crippen molar-refractivity contribution >= 4 is 21.8 Å². The van der Waals surface area contributed by atoms with E-state index in [2.05, 4.69) is 21.6 Å². The molecule has 0 fully saturated rings. The van der Waals surface area contributed by atoms with Crippen molar-refractivity contribution in [2.75, 3.05) is 5.32 Å². The van der Waals surface area contributed by atoms with Gasteiger partial charge in [0.2, 0.25) is 5.89 Å². The Balaban J connectivity index is 1.69. The molecule has 1 heterocycles. The molecule has 0 spiro atoms. The molecule has 0 atom stereocenters. The summed E-state index contributed by atoms with van der Waals surface area (Å²) in [6.07, 6.45) is 0.469. The van der Waals surface area contributed by atoms with E-state index in [-0.39, 0.29) is 10.9 Å². The summed E-state index contributed by atoms with van der Waals surface area (Å²) in [6.45, 7) is 7.27. The number of nitrogens with one attached hydrogen (secondary N) is 1. The van der Waals surface area contributed by atoms with Crippen LogP contribution in [0.1, 0.15) is 46.8 Å². The van der Waals surface area contributed by atoms with E-state index in [1.807, 2.05) is 26.0 Å². The fourth-order valence-corrected chi connectivity index (χ4v) is 3.88. The topological polar surface area (TPSA) is 102 Å². The second-order valence-electron chi connectivity index (χ2n) is 7.18. The van der Waals surface area contributed by atoms with Gasteiger partial charge in [0.15, 0.2) is 9.84 Å². The average Bonchev–Trinajstić information content (AvgIpc) is 3.11. The fraction of sp³-hybridized carbons (Fsp3) is 0.286. The molecule has 8 heteroatoms. The third kappa shape index (κ3) is 4.71. The molecule has 1 aromatic heterocycles. The van der Waals surface area contributed by atoms with Crippen LogP contribution in [-0.4, -0.2) is 29.8 Å². The monoisotopic (exact) mass is 413 g/mol. The zero-order valence-corrected chi connectivity index (χ0v) is 17.6. The molecule has 0 aliphatic heterocycles. The zero-order chi connectivity index (χ0) is 21.2. The number of carbonyl (C=O) groups excluding carboxylic acids is 1. The second kappa shape index (κ2) is 8.16. The molecule has 3 rings (SSSR count). The fourth-order valence-electron chi connectivity index (χ4n) is 2.82. The van der Waals surface area contributed by atoms with Crippen molar-refractivity contribution in [2.45, 2.75) is 44.3 Å². The average molecular weight is 413 g/mol. The van der Waals surface area contributed by atoms with Gasteiger partial charge in [-0.05, 0) is 63.1 Å². The maximum absolute atomic E-state index is 12.4. The Hall–Kier alpha value is -3.00. The molecule has 0 unspecified atom stereocenters. The highest BCUT2D eigenvalue weighted by molar-refractivity contribution is 7.92. The molecule has 1 N–H and O–H groups in total. The van der Waals surface area contributed by atoms with Gasteiger partial charge in [0, 0.05) is 5.56 Å². The van der Waals surface area contributed by atoms with Gasteiger partial charge in [0.1, 0.15) is 0 Å². The SMILES string of the molecule is Cc1ccc(Cc2nnc(NC(=O)c3ccc(S(=O)(=O)C(C)C)cc3)o2)c(C)c1. The number of hydrogen-bond acceptors (Lipinski definition) is 6. The molecule has 0 saturated heterocycles. The van der Waals surface area contributed by atoms with Crippen LogP contribution >= 0.6 is 0 Å². The van der Waals surface area contributed by atoms with Crippen molar-refractivity contribution in [2.24, 2.45) is 0 Å². The summed E-state index contributed by atoms with van der Waals surface area (Å²) in [7, 11) is -3.38. The standard InChI is InChI=1S/C21H23N3O4S/c1-13(2)29(26,27)18-9-7-16(8-10-18)20(25)22-21-24-23-19(28-21)12-17-6-5-14(3)11-15(17)4/h5-11,13H,12H2,1-4H3,(H,22,24,25). The van der Waals surface area contributed by atoms with E-state index in [0.29, 0.717) is 17.9 Å². The van der Waals surface area contributed by atoms with Gasteiger partial charge in [-0.25, -0.2) is 8.42 Å². The molecule has 7 nitrogen and oxygen atoms in total. The molecular weight excluding hydrogens is 390 g/mol. The smallest absolute Gasteiger partial charge is 0.322 e. The van der Waals surface area contributed by atoms with E-state index in [1.54, 1.807) is 13.8 Å². The molecule has 0 radical (unpaired) electrons. The summed E-state index contributed by atoms with van der Waals surface area (Å²) in [5, 5.41) is 9.85. The summed E-state index contributed by atoms with van der Waals surface area (Å²) in [6, 6.07) is 11.9. The summed E-state index contributed by atoms with van der Waals surface area (Å²) in [4.78, 5) is 12.6. The molecule has 0 bridgehead atoms. The second-order valence-corrected chi connectivity index (χ2v) is 9.68. The van der Waals surface area contributed by atoms with Crippen molar-refractivity contribution in [3.05, 3.63) is 70.6 Å². The van der Waals surface area contributed by atoms with Gasteiger partial charge in [0.25, 0.3) is 5.91 Å². The molecule has 29 heavy (non-hydrogen) atoms. The van der Waals surface area contributed by atoms with Gasteiger partial charge in [-0.1, -0.05) is 28.9 Å². The van der Waals surface area contributed by atoms with Gasteiger partial charge in [-0.3, -0.25) is 10.1 Å². The highest BCUT2D eigenvalue weighted by atomic mass is 32.2. The lowest BCUT2D eigenvalue weighted by atomic mass is 10.0. The van der Waals surface area contributed by atoms with Crippen LogP contribution in [0.15, 0.2) is 51.8 Å². The van der Waals surface area contributed by atoms with Crippen molar-refractivity contribution in [3.8, 4) is 0 Å². The van der Waals surface area contributed by atoms with Crippen LogP contribution in [0.25, 0.3) is 0 Å². The Kier molecular flexibility index (Phi) is 5.83. The van der Waals surface area contributed by atoms with E-state index < -0.39 is 21.0 Å². The number of sulfone groups is 1. The van der Waals surface area contributed by atoms with Crippen LogP contribution in [0.4, 0.5) is 6.01 Å². The molecule has 0 saturated carbocycles. The number of benzene rings is 2. The number of carbonyl (C=O) groups is 1. The van der Waals surface area contributed by atoms with Gasteiger partial charge in [-0.15, -0.1) is 5.10 Å². The van der Waals surface area contributed by atoms with Crippen LogP contribution < -0.4 is 5.32 Å². The van der Waals surface area contributed by atoms with Crippen LogP contribution in [0, 0.1) is 13.8 Å². The van der Waals surface area contributed by atoms with Crippen molar-refractivity contribution < 1.29 is 17.6 Å². The maximum atomic E-state index is 12.4. The summed E-state index contributed by atoms with van der Waals surface area (Å²) in [5.41, 5.74) is 3.67. The van der Waals surface area contributed by atoms with Crippen LogP contribution in [0.3, 0.4) is 0 Å². The van der Waals surface area contributed by atoms with E-state index >= 15 is 0 Å². The summed E-state index contributed by atoms with van der Waals surface area (Å²) < 4.78 is 29.9. The number of hydrogen-bond donors (Lipinski definition) is 1. The van der Waals surface area contributed by atoms with Crippen molar-refractivity contribution in [1.82, 2.24) is 10.2 Å². The number of amides is 1. The van der Waals surface area contributed by atoms with Crippen LogP contribution in [0.2, 0.25) is 0 Å². The van der Waals surface area contributed by atoms with Gasteiger partial charge < -0.3 is 4.42 Å². The van der Waals surface area contributed by atoms with Gasteiger partial charge >= 0.3 is 6.01 Å². The van der Waals surface area contributed by atoms with Crippen molar-refractivity contribution in [1.29, 1.82) is 0 Å². The molecule has 2 aromatic carbocycles. The lowest BCUT2D eigenvalue weighted by molar-refractivity contribution is 0.102. The molecule has 1 amide bonds. The Morgan fingerprint density at radius 2 is 1.76 bits per heavy atom. The number of anilines is 1. The minimum atomic E-state index is -3.38. The highest BCUT2D eigenvalue weighted by Gasteiger charge is 2.20. The zero-order valence-electron chi connectivity index (χ0n) is 16.8. The number of nitrogens with zero attached hydrogens (tertiary/aromatic N) is 2. The van der Waals surface area contributed by atoms with E-state index in [9.17, 15) is 13.2 Å². The quantitative estimate of drug-likeness (QED) is 0.661. The minimum absolute atomic E-state index is 0.00589. The van der Waals surface area contributed by atoms with Crippen molar-refractivity contribution in [3.63, 3.8) is 0 Å². The Bertz CT molecular complexity index is 1130. The Morgan fingerprint density at radius 1 is 1.07 bits per heavy atom. The molecule has 0 aliphatic carbocycles. The molecule has 152 valence electrons. The van der Waals surface area contributed by atoms with Gasteiger partial charge in [0.05, 0.1) is 16.6 Å². The predicted octanol–water partition coefficient (Wildman–Crippen LogP) is 3.71. The number of aromatic nitrogens is 2. The third-order valence-corrected chi connectivity index (χ3v) is 6.76. The Labute approximate surface area is 170 Å². The predicted molar refractivity (Wildman–Crippen MR) is 110 cm³/mol.